The van der Waals surface area contributed by atoms with E-state index in [-0.39, 0.29) is 11.7 Å². The summed E-state index contributed by atoms with van der Waals surface area (Å²) < 4.78 is 11.2. The van der Waals surface area contributed by atoms with Gasteiger partial charge >= 0.3 is 5.97 Å². The maximum Gasteiger partial charge on any atom is 0.339 e. The first-order valence-corrected chi connectivity index (χ1v) is 6.75. The van der Waals surface area contributed by atoms with Gasteiger partial charge in [-0.2, -0.15) is 0 Å². The van der Waals surface area contributed by atoms with E-state index in [0.29, 0.717) is 18.1 Å². The first-order valence-electron chi connectivity index (χ1n) is 6.75. The predicted molar refractivity (Wildman–Crippen MR) is 74.2 cm³/mol. The second-order valence-electron chi connectivity index (χ2n) is 4.53. The molecule has 4 nitrogen and oxygen atoms in total. The Kier molecular flexibility index (Phi) is 6.19. The summed E-state index contributed by atoms with van der Waals surface area (Å²) in [6, 6.07) is 4.85. The zero-order valence-corrected chi connectivity index (χ0v) is 11.8. The maximum absolute atomic E-state index is 11.2. The van der Waals surface area contributed by atoms with Gasteiger partial charge in [0.2, 0.25) is 0 Å². The second-order valence-corrected chi connectivity index (χ2v) is 4.53. The molecule has 0 aromatic heterocycles. The van der Waals surface area contributed by atoms with Crippen LogP contribution < -0.4 is 9.47 Å². The van der Waals surface area contributed by atoms with Crippen molar-refractivity contribution in [1.29, 1.82) is 0 Å². The summed E-state index contributed by atoms with van der Waals surface area (Å²) in [4.78, 5) is 11.2. The molecule has 1 rings (SSSR count). The predicted octanol–water partition coefficient (Wildman–Crippen LogP) is 3.74. The van der Waals surface area contributed by atoms with Gasteiger partial charge in [-0.25, -0.2) is 4.79 Å². The third-order valence-electron chi connectivity index (χ3n) is 2.68. The first kappa shape index (κ1) is 15.3. The summed E-state index contributed by atoms with van der Waals surface area (Å²) in [6.45, 7) is 6.64. The summed E-state index contributed by atoms with van der Waals surface area (Å²) in [5, 5.41) is 9.15. The van der Waals surface area contributed by atoms with Crippen molar-refractivity contribution in [3.63, 3.8) is 0 Å². The molecule has 1 atom stereocenters. The van der Waals surface area contributed by atoms with Gasteiger partial charge in [-0.05, 0) is 31.9 Å². The second kappa shape index (κ2) is 7.67. The lowest BCUT2D eigenvalue weighted by Gasteiger charge is -2.16. The molecule has 0 radical (unpaired) electrons. The van der Waals surface area contributed by atoms with Crippen molar-refractivity contribution < 1.29 is 19.4 Å². The van der Waals surface area contributed by atoms with Crippen molar-refractivity contribution in [1.82, 2.24) is 0 Å². The number of carboxylic acids is 1. The monoisotopic (exact) mass is 266 g/mol. The molecule has 19 heavy (non-hydrogen) atoms. The number of hydrogen-bond acceptors (Lipinski definition) is 3. The first-order chi connectivity index (χ1) is 9.08. The molecule has 0 amide bonds. The van der Waals surface area contributed by atoms with Crippen LogP contribution in [0.5, 0.6) is 11.5 Å². The lowest BCUT2D eigenvalue weighted by atomic mass is 10.1. The van der Waals surface area contributed by atoms with Crippen LogP contribution in [0, 0.1) is 0 Å². The number of rotatable bonds is 8. The van der Waals surface area contributed by atoms with E-state index in [2.05, 4.69) is 6.92 Å². The molecule has 1 N–H and O–H groups in total. The summed E-state index contributed by atoms with van der Waals surface area (Å²) in [7, 11) is 0. The standard InChI is InChI=1S/C15H22O4/c1-4-6-11(3)19-14-10-12(18-9-5-2)7-8-13(14)15(16)17/h7-8,10-11H,4-6,9H2,1-3H3,(H,16,17). The van der Waals surface area contributed by atoms with E-state index in [1.165, 1.54) is 6.07 Å². The number of benzene rings is 1. The maximum atomic E-state index is 11.2. The third kappa shape index (κ3) is 4.81. The minimum Gasteiger partial charge on any atom is -0.493 e. The van der Waals surface area contributed by atoms with Gasteiger partial charge < -0.3 is 14.6 Å². The highest BCUT2D eigenvalue weighted by Crippen LogP contribution is 2.26. The third-order valence-corrected chi connectivity index (χ3v) is 2.68. The average molecular weight is 266 g/mol. The molecule has 0 fully saturated rings. The van der Waals surface area contributed by atoms with Gasteiger partial charge in [0, 0.05) is 6.07 Å². The summed E-state index contributed by atoms with van der Waals surface area (Å²) in [6.07, 6.45) is 2.78. The van der Waals surface area contributed by atoms with Gasteiger partial charge in [0.25, 0.3) is 0 Å². The lowest BCUT2D eigenvalue weighted by molar-refractivity contribution is 0.0689. The van der Waals surface area contributed by atoms with Crippen LogP contribution in [0.1, 0.15) is 50.4 Å². The van der Waals surface area contributed by atoms with Crippen LogP contribution in [0.4, 0.5) is 0 Å². The summed E-state index contributed by atoms with van der Waals surface area (Å²) in [5.41, 5.74) is 0.173. The molecule has 1 unspecified atom stereocenters. The van der Waals surface area contributed by atoms with E-state index in [4.69, 9.17) is 14.6 Å². The Bertz CT molecular complexity index is 415. The SMILES string of the molecule is CCCOc1ccc(C(=O)O)c(OC(C)CCC)c1. The highest BCUT2D eigenvalue weighted by atomic mass is 16.5. The van der Waals surface area contributed by atoms with Gasteiger partial charge in [-0.1, -0.05) is 20.3 Å². The minimum atomic E-state index is -0.985. The molecule has 0 saturated carbocycles. The van der Waals surface area contributed by atoms with Crippen LogP contribution in [-0.4, -0.2) is 23.8 Å². The zero-order chi connectivity index (χ0) is 14.3. The van der Waals surface area contributed by atoms with Crippen molar-refractivity contribution in [2.24, 2.45) is 0 Å². The van der Waals surface area contributed by atoms with Gasteiger partial charge in [0.1, 0.15) is 17.1 Å². The van der Waals surface area contributed by atoms with Gasteiger partial charge in [-0.3, -0.25) is 0 Å². The number of aromatic carboxylic acids is 1. The van der Waals surface area contributed by atoms with E-state index in [0.717, 1.165) is 19.3 Å². The van der Waals surface area contributed by atoms with Crippen LogP contribution in [0.2, 0.25) is 0 Å². The van der Waals surface area contributed by atoms with Crippen molar-refractivity contribution in [2.45, 2.75) is 46.1 Å². The molecular formula is C15H22O4. The number of ether oxygens (including phenoxy) is 2. The van der Waals surface area contributed by atoms with Crippen LogP contribution in [0.25, 0.3) is 0 Å². The average Bonchev–Trinajstić information content (AvgIpc) is 2.36. The molecule has 1 aromatic carbocycles. The van der Waals surface area contributed by atoms with Gasteiger partial charge in [-0.15, -0.1) is 0 Å². The molecular weight excluding hydrogens is 244 g/mol. The van der Waals surface area contributed by atoms with E-state index in [1.54, 1.807) is 12.1 Å². The van der Waals surface area contributed by atoms with Crippen molar-refractivity contribution in [2.75, 3.05) is 6.61 Å². The van der Waals surface area contributed by atoms with Gasteiger partial charge in [0.15, 0.2) is 0 Å². The molecule has 106 valence electrons. The molecule has 0 aliphatic carbocycles. The number of carboxylic acid groups (broad SMARTS) is 1. The Balaban J connectivity index is 2.91. The molecule has 0 saturated heterocycles. The Morgan fingerprint density at radius 2 is 2.05 bits per heavy atom. The van der Waals surface area contributed by atoms with E-state index in [9.17, 15) is 4.79 Å². The van der Waals surface area contributed by atoms with E-state index in [1.807, 2.05) is 13.8 Å². The van der Waals surface area contributed by atoms with Crippen molar-refractivity contribution >= 4 is 5.97 Å². The summed E-state index contributed by atoms with van der Waals surface area (Å²) in [5.74, 6) is 0.0355. The fraction of sp³-hybridized carbons (Fsp3) is 0.533. The molecule has 1 aromatic rings. The van der Waals surface area contributed by atoms with Crippen molar-refractivity contribution in [3.05, 3.63) is 23.8 Å². The van der Waals surface area contributed by atoms with Crippen LogP contribution in [0.15, 0.2) is 18.2 Å². The van der Waals surface area contributed by atoms with Crippen LogP contribution in [0.3, 0.4) is 0 Å². The Hall–Kier alpha value is -1.71. The van der Waals surface area contributed by atoms with E-state index < -0.39 is 5.97 Å². The molecule has 0 bridgehead atoms. The Morgan fingerprint density at radius 3 is 2.63 bits per heavy atom. The zero-order valence-electron chi connectivity index (χ0n) is 11.8. The van der Waals surface area contributed by atoms with Gasteiger partial charge in [0.05, 0.1) is 12.7 Å². The van der Waals surface area contributed by atoms with Crippen molar-refractivity contribution in [3.8, 4) is 11.5 Å². The molecule has 0 heterocycles. The molecule has 0 aliphatic heterocycles. The smallest absolute Gasteiger partial charge is 0.339 e. The largest absolute Gasteiger partial charge is 0.493 e. The lowest BCUT2D eigenvalue weighted by Crippen LogP contribution is -2.13. The molecule has 4 heteroatoms. The fourth-order valence-electron chi connectivity index (χ4n) is 1.77. The Morgan fingerprint density at radius 1 is 1.32 bits per heavy atom. The number of hydrogen-bond donors (Lipinski definition) is 1. The highest BCUT2D eigenvalue weighted by molar-refractivity contribution is 5.91. The highest BCUT2D eigenvalue weighted by Gasteiger charge is 2.14. The van der Waals surface area contributed by atoms with Crippen LogP contribution >= 0.6 is 0 Å². The number of carbonyl (C=O) groups is 1. The quantitative estimate of drug-likeness (QED) is 0.778. The topological polar surface area (TPSA) is 55.8 Å². The summed E-state index contributed by atoms with van der Waals surface area (Å²) >= 11 is 0. The minimum absolute atomic E-state index is 0.00970. The molecule has 0 aliphatic rings. The van der Waals surface area contributed by atoms with E-state index >= 15 is 0 Å². The van der Waals surface area contributed by atoms with Crippen LogP contribution in [-0.2, 0) is 0 Å². The normalized spacial score (nSPS) is 11.9. The molecule has 0 spiro atoms. The Labute approximate surface area is 114 Å². The fourth-order valence-corrected chi connectivity index (χ4v) is 1.77.